The van der Waals surface area contributed by atoms with Gasteiger partial charge in [0.15, 0.2) is 0 Å². The molecule has 0 saturated carbocycles. The second-order valence-electron chi connectivity index (χ2n) is 3.17. The largest absolute Gasteiger partial charge is 0.515 e. The first-order valence-electron chi connectivity index (χ1n) is 4.57. The van der Waals surface area contributed by atoms with Crippen LogP contribution < -0.4 is 0 Å². The summed E-state index contributed by atoms with van der Waals surface area (Å²) in [7, 11) is 0. The molecule has 1 aliphatic carbocycles. The van der Waals surface area contributed by atoms with Crippen molar-refractivity contribution in [3.8, 4) is 0 Å². The first-order chi connectivity index (χ1) is 6.92. The topological polar surface area (TPSA) is 20.2 Å². The van der Waals surface area contributed by atoms with Crippen LogP contribution in [0, 0.1) is 6.07 Å². The van der Waals surface area contributed by atoms with E-state index in [2.05, 4.69) is 6.07 Å². The van der Waals surface area contributed by atoms with E-state index in [4.69, 9.17) is 5.11 Å². The van der Waals surface area contributed by atoms with Crippen LogP contribution in [0.25, 0.3) is 0 Å². The summed E-state index contributed by atoms with van der Waals surface area (Å²) in [4.78, 5) is 0. The molecule has 2 rings (SSSR count). The zero-order valence-corrected chi connectivity index (χ0v) is 7.72. The number of hydrogen-bond donors (Lipinski definition) is 1. The Bertz CT molecular complexity index is 385. The van der Waals surface area contributed by atoms with Crippen LogP contribution in [-0.4, -0.2) is 5.11 Å². The second kappa shape index (κ2) is 3.97. The Kier molecular flexibility index (Phi) is 2.50. The van der Waals surface area contributed by atoms with Gasteiger partial charge < -0.3 is 5.11 Å². The minimum atomic E-state index is 0.131. The summed E-state index contributed by atoms with van der Waals surface area (Å²) in [5, 5.41) is 9.06. The molecule has 0 amide bonds. The Morgan fingerprint density at radius 1 is 1.29 bits per heavy atom. The van der Waals surface area contributed by atoms with Crippen molar-refractivity contribution in [2.45, 2.75) is 5.92 Å². The van der Waals surface area contributed by atoms with Gasteiger partial charge in [0.25, 0.3) is 0 Å². The van der Waals surface area contributed by atoms with Crippen LogP contribution in [0.15, 0.2) is 60.4 Å². The quantitative estimate of drug-likeness (QED) is 0.663. The number of aliphatic hydroxyl groups is 1. The van der Waals surface area contributed by atoms with E-state index in [-0.39, 0.29) is 5.92 Å². The lowest BCUT2D eigenvalue weighted by atomic mass is 9.89. The minimum absolute atomic E-state index is 0.131. The normalized spacial score (nSPS) is 22.9. The number of aliphatic hydroxyl groups excluding tert-OH is 1. The Hall–Kier alpha value is -1.76. The Balaban J connectivity index is 2.35. The number of allylic oxidation sites excluding steroid dienone is 5. The Morgan fingerprint density at radius 2 is 2.21 bits per heavy atom. The maximum Gasteiger partial charge on any atom is 0.0833 e. The first kappa shape index (κ1) is 8.82. The molecule has 69 valence electrons. The van der Waals surface area contributed by atoms with Crippen molar-refractivity contribution in [1.29, 1.82) is 0 Å². The fourth-order valence-electron chi connectivity index (χ4n) is 1.56. The van der Waals surface area contributed by atoms with Gasteiger partial charge in [-0.3, -0.25) is 0 Å². The molecular weight excluding hydrogens is 172 g/mol. The van der Waals surface area contributed by atoms with Crippen LogP contribution >= 0.6 is 0 Å². The molecule has 14 heavy (non-hydrogen) atoms. The van der Waals surface area contributed by atoms with Crippen molar-refractivity contribution in [3.63, 3.8) is 0 Å². The molecule has 0 fully saturated rings. The third-order valence-corrected chi connectivity index (χ3v) is 2.28. The van der Waals surface area contributed by atoms with Gasteiger partial charge >= 0.3 is 0 Å². The van der Waals surface area contributed by atoms with Crippen molar-refractivity contribution < 1.29 is 5.11 Å². The van der Waals surface area contributed by atoms with Crippen LogP contribution in [0.5, 0.6) is 0 Å². The maximum atomic E-state index is 9.06. The van der Waals surface area contributed by atoms with Gasteiger partial charge in [0, 0.05) is 5.92 Å². The highest BCUT2D eigenvalue weighted by Crippen LogP contribution is 2.28. The van der Waals surface area contributed by atoms with Crippen molar-refractivity contribution >= 4 is 0 Å². The summed E-state index contributed by atoms with van der Waals surface area (Å²) < 4.78 is 0. The van der Waals surface area contributed by atoms with Crippen LogP contribution in [-0.2, 0) is 0 Å². The molecular formula is C13H11O. The molecule has 0 heterocycles. The van der Waals surface area contributed by atoms with Crippen LogP contribution in [0.4, 0.5) is 0 Å². The third-order valence-electron chi connectivity index (χ3n) is 2.28. The summed E-state index contributed by atoms with van der Waals surface area (Å²) >= 11 is 0. The zero-order valence-electron chi connectivity index (χ0n) is 7.72. The summed E-state index contributed by atoms with van der Waals surface area (Å²) in [6, 6.07) is 11.0. The van der Waals surface area contributed by atoms with Crippen LogP contribution in [0.2, 0.25) is 0 Å². The fraction of sp³-hybridized carbons (Fsp3) is 0.0769. The van der Waals surface area contributed by atoms with E-state index < -0.39 is 0 Å². The maximum absolute atomic E-state index is 9.06. The molecule has 1 heteroatoms. The zero-order chi connectivity index (χ0) is 9.80. The first-order valence-corrected chi connectivity index (χ1v) is 4.57. The van der Waals surface area contributed by atoms with E-state index in [9.17, 15) is 0 Å². The smallest absolute Gasteiger partial charge is 0.0833 e. The highest BCUT2D eigenvalue weighted by molar-refractivity contribution is 5.42. The third kappa shape index (κ3) is 1.62. The average Bonchev–Trinajstić information content (AvgIpc) is 2.30. The van der Waals surface area contributed by atoms with Crippen molar-refractivity contribution in [3.05, 3.63) is 72.0 Å². The molecule has 1 aromatic carbocycles. The molecule has 0 bridgehead atoms. The Labute approximate surface area is 83.7 Å². The summed E-state index contributed by atoms with van der Waals surface area (Å²) in [6.45, 7) is 0. The molecule has 1 aromatic rings. The number of benzene rings is 1. The lowest BCUT2D eigenvalue weighted by Gasteiger charge is -2.15. The average molecular weight is 183 g/mol. The molecule has 1 N–H and O–H groups in total. The van der Waals surface area contributed by atoms with Crippen molar-refractivity contribution in [1.82, 2.24) is 0 Å². The van der Waals surface area contributed by atoms with Gasteiger partial charge in [0.05, 0.1) is 6.26 Å². The number of hydrogen-bond acceptors (Lipinski definition) is 1. The summed E-state index contributed by atoms with van der Waals surface area (Å²) in [5.74, 6) is 0.131. The molecule has 0 aliphatic heterocycles. The SMILES string of the molecule is O/C=C1\C=CC=CC1c1[c]cccc1. The molecule has 0 aromatic heterocycles. The Morgan fingerprint density at radius 3 is 2.93 bits per heavy atom. The predicted molar refractivity (Wildman–Crippen MR) is 57.0 cm³/mol. The number of rotatable bonds is 1. The molecule has 1 aliphatic rings. The predicted octanol–water partition coefficient (Wildman–Crippen LogP) is 3.14. The van der Waals surface area contributed by atoms with E-state index >= 15 is 0 Å². The summed E-state index contributed by atoms with van der Waals surface area (Å²) in [6.07, 6.45) is 9.02. The molecule has 0 saturated heterocycles. The molecule has 1 radical (unpaired) electrons. The second-order valence-corrected chi connectivity index (χ2v) is 3.17. The van der Waals surface area contributed by atoms with Crippen molar-refractivity contribution in [2.75, 3.05) is 0 Å². The van der Waals surface area contributed by atoms with E-state index in [0.29, 0.717) is 0 Å². The van der Waals surface area contributed by atoms with Gasteiger partial charge in [-0.25, -0.2) is 0 Å². The minimum Gasteiger partial charge on any atom is -0.515 e. The van der Waals surface area contributed by atoms with E-state index in [0.717, 1.165) is 17.4 Å². The van der Waals surface area contributed by atoms with E-state index in [1.54, 1.807) is 0 Å². The van der Waals surface area contributed by atoms with Gasteiger partial charge in [-0.1, -0.05) is 48.6 Å². The lowest BCUT2D eigenvalue weighted by molar-refractivity contribution is 0.466. The highest BCUT2D eigenvalue weighted by atomic mass is 16.2. The van der Waals surface area contributed by atoms with Crippen LogP contribution in [0.3, 0.4) is 0 Å². The fourth-order valence-corrected chi connectivity index (χ4v) is 1.56. The molecule has 1 nitrogen and oxygen atoms in total. The monoisotopic (exact) mass is 183 g/mol. The lowest BCUT2D eigenvalue weighted by Crippen LogP contribution is -2.00. The highest BCUT2D eigenvalue weighted by Gasteiger charge is 2.13. The van der Waals surface area contributed by atoms with Gasteiger partial charge in [0.2, 0.25) is 0 Å². The summed E-state index contributed by atoms with van der Waals surface area (Å²) in [5.41, 5.74) is 1.98. The standard InChI is InChI=1S/C13H11O/c14-10-12-8-4-5-9-13(12)11-6-2-1-3-7-11/h1-6,8-10,13-14H/b12-10+. The van der Waals surface area contributed by atoms with Gasteiger partial charge in [-0.2, -0.15) is 0 Å². The van der Waals surface area contributed by atoms with Gasteiger partial charge in [-0.15, -0.1) is 0 Å². The van der Waals surface area contributed by atoms with Gasteiger partial charge in [-0.05, 0) is 17.2 Å². The molecule has 1 atom stereocenters. The van der Waals surface area contributed by atoms with E-state index in [1.165, 1.54) is 0 Å². The van der Waals surface area contributed by atoms with E-state index in [1.807, 2.05) is 48.6 Å². The molecule has 0 spiro atoms. The van der Waals surface area contributed by atoms with Gasteiger partial charge in [0.1, 0.15) is 0 Å². The van der Waals surface area contributed by atoms with Crippen molar-refractivity contribution in [2.24, 2.45) is 0 Å². The van der Waals surface area contributed by atoms with Crippen LogP contribution in [0.1, 0.15) is 11.5 Å². The molecule has 1 unspecified atom stereocenters.